The monoisotopic (exact) mass is 389 g/mol. The summed E-state index contributed by atoms with van der Waals surface area (Å²) >= 11 is 0. The van der Waals surface area contributed by atoms with E-state index in [-0.39, 0.29) is 10.5 Å². The number of rotatable bonds is 7. The van der Waals surface area contributed by atoms with Crippen LogP contribution in [0.25, 0.3) is 0 Å². The van der Waals surface area contributed by atoms with Crippen LogP contribution in [0, 0.1) is 6.92 Å². The first-order valence-corrected chi connectivity index (χ1v) is 9.32. The average molecular weight is 389 g/mol. The fourth-order valence-corrected chi connectivity index (χ4v) is 3.23. The topological polar surface area (TPSA) is 116 Å². The number of carboxylic acid groups (broad SMARTS) is 1. The largest absolute Gasteiger partial charge is 0.478 e. The maximum absolute atomic E-state index is 12.4. The summed E-state index contributed by atoms with van der Waals surface area (Å²) in [7, 11) is -2.47. The van der Waals surface area contributed by atoms with Gasteiger partial charge in [0.25, 0.3) is 5.91 Å². The lowest BCUT2D eigenvalue weighted by molar-refractivity contribution is -0.121. The molecule has 0 fully saturated rings. The molecule has 0 saturated carbocycles. The van der Waals surface area contributed by atoms with E-state index >= 15 is 0 Å². The number of sulfonamides is 1. The zero-order chi connectivity index (χ0) is 20.0. The van der Waals surface area contributed by atoms with Gasteiger partial charge in [-0.1, -0.05) is 29.8 Å². The van der Waals surface area contributed by atoms with E-state index in [0.29, 0.717) is 5.56 Å². The number of aromatic carboxylic acids is 1. The highest BCUT2D eigenvalue weighted by Crippen LogP contribution is 2.14. The average Bonchev–Trinajstić information content (AvgIpc) is 2.62. The Morgan fingerprint density at radius 3 is 2.26 bits per heavy atom. The van der Waals surface area contributed by atoms with Crippen molar-refractivity contribution in [1.82, 2.24) is 9.73 Å². The van der Waals surface area contributed by atoms with Gasteiger partial charge < -0.3 is 5.11 Å². The molecule has 8 nitrogen and oxygen atoms in total. The fourth-order valence-electron chi connectivity index (χ4n) is 2.10. The SMILES string of the molecule is Cc1ccc(S(=O)(=O)N(C)CC(=O)N/N=C/c2ccc(C(=O)O)cc2)cc1. The summed E-state index contributed by atoms with van der Waals surface area (Å²) in [6.07, 6.45) is 1.33. The highest BCUT2D eigenvalue weighted by Gasteiger charge is 2.22. The molecule has 27 heavy (non-hydrogen) atoms. The first kappa shape index (κ1) is 20.3. The number of hydrogen-bond acceptors (Lipinski definition) is 5. The molecule has 0 spiro atoms. The number of nitrogens with one attached hydrogen (secondary N) is 1. The van der Waals surface area contributed by atoms with Gasteiger partial charge in [0.1, 0.15) is 0 Å². The van der Waals surface area contributed by atoms with E-state index in [0.717, 1.165) is 9.87 Å². The molecule has 2 aromatic rings. The van der Waals surface area contributed by atoms with Crippen LogP contribution in [0.4, 0.5) is 0 Å². The van der Waals surface area contributed by atoms with Gasteiger partial charge in [-0.25, -0.2) is 18.6 Å². The second kappa shape index (κ2) is 8.56. The van der Waals surface area contributed by atoms with Crippen molar-refractivity contribution in [3.05, 3.63) is 65.2 Å². The van der Waals surface area contributed by atoms with E-state index in [1.165, 1.54) is 49.7 Å². The molecule has 0 unspecified atom stereocenters. The van der Waals surface area contributed by atoms with Gasteiger partial charge in [0.15, 0.2) is 0 Å². The van der Waals surface area contributed by atoms with Gasteiger partial charge in [-0.2, -0.15) is 9.41 Å². The van der Waals surface area contributed by atoms with Gasteiger partial charge in [-0.05, 0) is 36.8 Å². The quantitative estimate of drug-likeness (QED) is 0.549. The summed E-state index contributed by atoms with van der Waals surface area (Å²) in [5.74, 6) is -1.64. The lowest BCUT2D eigenvalue weighted by Crippen LogP contribution is -2.36. The second-order valence-corrected chi connectivity index (χ2v) is 7.84. The van der Waals surface area contributed by atoms with E-state index in [9.17, 15) is 18.0 Å². The number of carbonyl (C=O) groups is 2. The van der Waals surface area contributed by atoms with Crippen molar-refractivity contribution in [3.63, 3.8) is 0 Å². The van der Waals surface area contributed by atoms with Crippen molar-refractivity contribution in [2.24, 2.45) is 5.10 Å². The zero-order valence-electron chi connectivity index (χ0n) is 14.8. The van der Waals surface area contributed by atoms with Crippen molar-refractivity contribution in [2.75, 3.05) is 13.6 Å². The molecule has 0 aliphatic heterocycles. The number of likely N-dealkylation sites (N-methyl/N-ethyl adjacent to an activating group) is 1. The van der Waals surface area contributed by atoms with Crippen LogP contribution in [0.1, 0.15) is 21.5 Å². The van der Waals surface area contributed by atoms with E-state index in [1.54, 1.807) is 12.1 Å². The summed E-state index contributed by atoms with van der Waals surface area (Å²) in [6, 6.07) is 12.2. The number of benzene rings is 2. The number of carboxylic acids is 1. The van der Waals surface area contributed by atoms with E-state index < -0.39 is 28.4 Å². The Morgan fingerprint density at radius 2 is 1.70 bits per heavy atom. The number of aryl methyl sites for hydroxylation is 1. The second-order valence-electron chi connectivity index (χ2n) is 5.79. The van der Waals surface area contributed by atoms with Crippen LogP contribution in [0.5, 0.6) is 0 Å². The summed E-state index contributed by atoms with van der Waals surface area (Å²) in [5.41, 5.74) is 3.89. The van der Waals surface area contributed by atoms with Crippen LogP contribution < -0.4 is 5.43 Å². The lowest BCUT2D eigenvalue weighted by atomic mass is 10.1. The highest BCUT2D eigenvalue weighted by atomic mass is 32.2. The maximum atomic E-state index is 12.4. The van der Waals surface area contributed by atoms with E-state index in [1.807, 2.05) is 6.92 Å². The molecule has 0 bridgehead atoms. The number of amides is 1. The third-order valence-electron chi connectivity index (χ3n) is 3.66. The third kappa shape index (κ3) is 5.47. The number of hydrogen-bond donors (Lipinski definition) is 2. The minimum atomic E-state index is -3.78. The predicted molar refractivity (Wildman–Crippen MR) is 100 cm³/mol. The number of carbonyl (C=O) groups excluding carboxylic acids is 1. The van der Waals surface area contributed by atoms with Crippen LogP contribution in [0.15, 0.2) is 58.5 Å². The predicted octanol–water partition coefficient (Wildman–Crippen LogP) is 1.46. The van der Waals surface area contributed by atoms with Crippen molar-refractivity contribution >= 4 is 28.1 Å². The van der Waals surface area contributed by atoms with E-state index in [4.69, 9.17) is 5.11 Å². The standard InChI is InChI=1S/C18H19N3O5S/c1-13-3-9-16(10-4-13)27(25,26)21(2)12-17(22)20-19-11-14-5-7-15(8-6-14)18(23)24/h3-11H,12H2,1-2H3,(H,20,22)(H,23,24)/b19-11+. The first-order chi connectivity index (χ1) is 12.7. The van der Waals surface area contributed by atoms with E-state index in [2.05, 4.69) is 10.5 Å². The number of nitrogens with zero attached hydrogens (tertiary/aromatic N) is 2. The van der Waals surface area contributed by atoms with Crippen molar-refractivity contribution in [3.8, 4) is 0 Å². The minimum absolute atomic E-state index is 0.102. The Morgan fingerprint density at radius 1 is 1.11 bits per heavy atom. The van der Waals surface area contributed by atoms with Crippen LogP contribution in [-0.2, 0) is 14.8 Å². The molecule has 0 radical (unpaired) electrons. The Labute approximate surface area is 157 Å². The molecule has 2 N–H and O–H groups in total. The van der Waals surface area contributed by atoms with Crippen molar-refractivity contribution in [2.45, 2.75) is 11.8 Å². The maximum Gasteiger partial charge on any atom is 0.335 e. The molecular weight excluding hydrogens is 370 g/mol. The Bertz CT molecular complexity index is 951. The smallest absolute Gasteiger partial charge is 0.335 e. The molecule has 0 aliphatic carbocycles. The van der Waals surface area contributed by atoms with Crippen LogP contribution in [0.2, 0.25) is 0 Å². The summed E-state index contributed by atoms with van der Waals surface area (Å²) < 4.78 is 25.8. The molecule has 9 heteroatoms. The van der Waals surface area contributed by atoms with Gasteiger partial charge in [0.05, 0.1) is 23.2 Å². The Hall–Kier alpha value is -3.04. The van der Waals surface area contributed by atoms with Crippen LogP contribution in [0.3, 0.4) is 0 Å². The summed E-state index contributed by atoms with van der Waals surface area (Å²) in [5, 5.41) is 12.6. The molecule has 2 aromatic carbocycles. The molecule has 142 valence electrons. The molecule has 2 rings (SSSR count). The number of hydrazone groups is 1. The minimum Gasteiger partial charge on any atom is -0.478 e. The normalized spacial score (nSPS) is 11.7. The molecular formula is C18H19N3O5S. The highest BCUT2D eigenvalue weighted by molar-refractivity contribution is 7.89. The third-order valence-corrected chi connectivity index (χ3v) is 5.47. The summed E-state index contributed by atoms with van der Waals surface area (Å²) in [4.78, 5) is 22.8. The molecule has 1 amide bonds. The van der Waals surface area contributed by atoms with Gasteiger partial charge in [-0.3, -0.25) is 4.79 Å². The van der Waals surface area contributed by atoms with Gasteiger partial charge in [0.2, 0.25) is 10.0 Å². The summed E-state index contributed by atoms with van der Waals surface area (Å²) in [6.45, 7) is 1.45. The van der Waals surface area contributed by atoms with Gasteiger partial charge in [0, 0.05) is 7.05 Å². The fraction of sp³-hybridized carbons (Fsp3) is 0.167. The molecule has 0 aromatic heterocycles. The van der Waals surface area contributed by atoms with Gasteiger partial charge >= 0.3 is 5.97 Å². The molecule has 0 heterocycles. The van der Waals surface area contributed by atoms with Crippen LogP contribution >= 0.6 is 0 Å². The molecule has 0 saturated heterocycles. The Balaban J connectivity index is 1.94. The van der Waals surface area contributed by atoms with Crippen LogP contribution in [-0.4, -0.2) is 49.5 Å². The van der Waals surface area contributed by atoms with Crippen molar-refractivity contribution in [1.29, 1.82) is 0 Å². The molecule has 0 aliphatic rings. The van der Waals surface area contributed by atoms with Gasteiger partial charge in [-0.15, -0.1) is 0 Å². The molecule has 0 atom stereocenters. The lowest BCUT2D eigenvalue weighted by Gasteiger charge is -2.16. The van der Waals surface area contributed by atoms with Crippen molar-refractivity contribution < 1.29 is 23.1 Å². The zero-order valence-corrected chi connectivity index (χ0v) is 15.6. The Kier molecular flexibility index (Phi) is 6.43. The first-order valence-electron chi connectivity index (χ1n) is 7.88.